The van der Waals surface area contributed by atoms with Crippen molar-refractivity contribution in [3.05, 3.63) is 0 Å². The number of rotatable bonds is 1. The molecule has 0 radical (unpaired) electrons. The van der Waals surface area contributed by atoms with E-state index in [1.807, 2.05) is 17.2 Å². The van der Waals surface area contributed by atoms with E-state index in [1.165, 1.54) is 0 Å². The molecule has 0 fully saturated rings. The van der Waals surface area contributed by atoms with Crippen molar-refractivity contribution in [1.82, 2.24) is 0 Å². The van der Waals surface area contributed by atoms with Crippen LogP contribution in [0.25, 0.3) is 0 Å². The summed E-state index contributed by atoms with van der Waals surface area (Å²) in [4.78, 5) is 3.53. The first kappa shape index (κ1) is 6.21. The van der Waals surface area contributed by atoms with E-state index < -0.39 is 0 Å². The van der Waals surface area contributed by atoms with E-state index in [2.05, 4.69) is 30.8 Å². The van der Waals surface area contributed by atoms with Gasteiger partial charge in [-0.3, -0.25) is 0 Å². The number of halogens is 1. The molecule has 5 heteroatoms. The number of hydrogen-bond donors (Lipinski definition) is 0. The molecule has 0 amide bonds. The Morgan fingerprint density at radius 3 is 2.40 bits per heavy atom. The van der Waals surface area contributed by atoms with Crippen molar-refractivity contribution in [2.75, 3.05) is 0 Å². The van der Waals surface area contributed by atoms with Crippen LogP contribution in [0, 0.1) is 0 Å². The van der Waals surface area contributed by atoms with Crippen LogP contribution in [0.4, 0.5) is 0 Å². The Balaban J connectivity index is 2.92. The fraction of sp³-hybridized carbons (Fsp3) is 0. The fourth-order valence-corrected chi connectivity index (χ4v) is 1.25. The van der Waals surface area contributed by atoms with Crippen LogP contribution in [0.15, 0.2) is 8.75 Å². The van der Waals surface area contributed by atoms with Crippen LogP contribution in [-0.4, -0.2) is 0 Å². The van der Waals surface area contributed by atoms with Crippen molar-refractivity contribution in [2.45, 2.75) is 0 Å². The molecular weight excluding hydrogens is 237 g/mol. The molecule has 0 aliphatic rings. The quantitative estimate of drug-likeness (QED) is 0.379. The Hall–Kier alpha value is 1.21. The minimum absolute atomic E-state index is 0.942. The van der Waals surface area contributed by atoms with E-state index in [4.69, 9.17) is 0 Å². The maximum absolute atomic E-state index is 3.53. The van der Waals surface area contributed by atoms with Crippen molar-refractivity contribution in [3.8, 4) is 0 Å². The van der Waals surface area contributed by atoms with E-state index in [9.17, 15) is 0 Å². The SMILES string of the molecule is [V]=[N]N=PI. The fourth-order valence-electron chi connectivity index (χ4n) is 0.0151. The van der Waals surface area contributed by atoms with Gasteiger partial charge in [0.1, 0.15) is 0 Å². The third kappa shape index (κ3) is 5.21. The van der Waals surface area contributed by atoms with Gasteiger partial charge in [-0.15, -0.1) is 0 Å². The Morgan fingerprint density at radius 2 is 2.40 bits per heavy atom. The first-order chi connectivity index (χ1) is 2.41. The van der Waals surface area contributed by atoms with Crippen molar-refractivity contribution in [3.63, 3.8) is 0 Å². The molecule has 0 atom stereocenters. The summed E-state index contributed by atoms with van der Waals surface area (Å²) in [6.45, 7) is 0. The van der Waals surface area contributed by atoms with E-state index >= 15 is 0 Å². The van der Waals surface area contributed by atoms with Gasteiger partial charge in [0, 0.05) is 0 Å². The average Bonchev–Trinajstić information content (AvgIpc) is 1.41. The normalized spacial score (nSPS) is 8.80. The van der Waals surface area contributed by atoms with Gasteiger partial charge in [0.15, 0.2) is 0 Å². The number of hydrogen-bond acceptors (Lipinski definition) is 1. The van der Waals surface area contributed by atoms with Gasteiger partial charge in [0.25, 0.3) is 0 Å². The van der Waals surface area contributed by atoms with Crippen LogP contribution in [0.1, 0.15) is 0 Å². The van der Waals surface area contributed by atoms with Crippen LogP contribution in [-0.2, 0) is 17.2 Å². The van der Waals surface area contributed by atoms with Gasteiger partial charge in [-0.05, 0) is 0 Å². The Kier molecular flexibility index (Phi) is 6.48. The first-order valence-electron chi connectivity index (χ1n) is 0.769. The summed E-state index contributed by atoms with van der Waals surface area (Å²) in [6, 6.07) is 0.942. The topological polar surface area (TPSA) is 24.7 Å². The Morgan fingerprint density at radius 1 is 1.80 bits per heavy atom. The monoisotopic (exact) mass is 237 g/mol. The molecule has 0 aromatic rings. The molecule has 0 aromatic carbocycles. The molecule has 0 aromatic heterocycles. The zero-order valence-electron chi connectivity index (χ0n) is 2.17. The average molecular weight is 237 g/mol. The van der Waals surface area contributed by atoms with Crippen LogP contribution in [0.2, 0.25) is 0 Å². The third-order valence-electron chi connectivity index (χ3n) is 0.0738. The summed E-state index contributed by atoms with van der Waals surface area (Å²) in [5.74, 6) is 0. The standard InChI is InChI=1S/IN2P.V/c1-4-3-2;. The molecule has 5 heavy (non-hydrogen) atoms. The van der Waals surface area contributed by atoms with E-state index in [0.717, 1.165) is 6.02 Å². The molecule has 0 N–H and O–H groups in total. The van der Waals surface area contributed by atoms with E-state index in [0.29, 0.717) is 0 Å². The second-order valence-corrected chi connectivity index (χ2v) is 2.16. The van der Waals surface area contributed by atoms with Crippen molar-refractivity contribution < 1.29 is 17.2 Å². The second-order valence-electron chi connectivity index (χ2n) is 0.254. The molecular formula is IN2PV. The van der Waals surface area contributed by atoms with Crippen molar-refractivity contribution >= 4 is 28.1 Å². The molecule has 0 spiro atoms. The van der Waals surface area contributed by atoms with Gasteiger partial charge in [0.2, 0.25) is 0 Å². The van der Waals surface area contributed by atoms with Crippen LogP contribution in [0.5, 0.6) is 0 Å². The molecule has 27 valence electrons. The first-order valence-corrected chi connectivity index (χ1v) is 5.03. The van der Waals surface area contributed by atoms with Crippen molar-refractivity contribution in [2.24, 2.45) is 8.75 Å². The molecule has 0 saturated carbocycles. The van der Waals surface area contributed by atoms with Gasteiger partial charge in [-0.25, -0.2) is 0 Å². The van der Waals surface area contributed by atoms with Crippen LogP contribution >= 0.6 is 28.1 Å². The summed E-state index contributed by atoms with van der Waals surface area (Å²) in [7, 11) is 0. The van der Waals surface area contributed by atoms with Gasteiger partial charge >= 0.3 is 54.0 Å². The van der Waals surface area contributed by atoms with E-state index in [-0.39, 0.29) is 0 Å². The van der Waals surface area contributed by atoms with Gasteiger partial charge in [-0.1, -0.05) is 0 Å². The Labute approximate surface area is 53.9 Å². The van der Waals surface area contributed by atoms with Crippen LogP contribution < -0.4 is 0 Å². The van der Waals surface area contributed by atoms with Crippen LogP contribution in [0.3, 0.4) is 0 Å². The molecule has 0 unspecified atom stereocenters. The Bertz CT molecular complexity index is 51.6. The molecule has 2 nitrogen and oxygen atoms in total. The second kappa shape index (κ2) is 5.21. The summed E-state index contributed by atoms with van der Waals surface area (Å²) in [5.41, 5.74) is 0. The molecule has 0 bridgehead atoms. The predicted molar refractivity (Wildman–Crippen MR) is 25.8 cm³/mol. The molecule has 0 saturated heterocycles. The maximum atomic E-state index is 3.53. The molecule has 0 rings (SSSR count). The minimum atomic E-state index is 0.942. The summed E-state index contributed by atoms with van der Waals surface area (Å²) < 4.78 is 3.40. The third-order valence-corrected chi connectivity index (χ3v) is 1.18. The summed E-state index contributed by atoms with van der Waals surface area (Å²) in [5, 5.41) is 0. The zero-order valence-corrected chi connectivity index (χ0v) is 6.62. The van der Waals surface area contributed by atoms with Gasteiger partial charge < -0.3 is 0 Å². The number of nitrogens with zero attached hydrogens (tertiary/aromatic N) is 2. The summed E-state index contributed by atoms with van der Waals surface area (Å²) in [6.07, 6.45) is 0. The van der Waals surface area contributed by atoms with Crippen molar-refractivity contribution in [1.29, 1.82) is 0 Å². The molecule has 0 aliphatic carbocycles. The predicted octanol–water partition coefficient (Wildman–Crippen LogP) is 2.11. The molecule has 0 aliphatic heterocycles. The van der Waals surface area contributed by atoms with E-state index in [1.54, 1.807) is 0 Å². The summed E-state index contributed by atoms with van der Waals surface area (Å²) >= 11 is 4.11. The van der Waals surface area contributed by atoms with Gasteiger partial charge in [0.05, 0.1) is 0 Å². The zero-order chi connectivity index (χ0) is 4.12. The molecule has 0 heterocycles. The van der Waals surface area contributed by atoms with Gasteiger partial charge in [-0.2, -0.15) is 0 Å².